The Hall–Kier alpha value is -2.62. The van der Waals surface area contributed by atoms with Gasteiger partial charge in [-0.2, -0.15) is 0 Å². The second-order valence-electron chi connectivity index (χ2n) is 9.96. The first kappa shape index (κ1) is 25.6. The van der Waals surface area contributed by atoms with E-state index in [1.54, 1.807) is 6.08 Å². The van der Waals surface area contributed by atoms with Gasteiger partial charge in [0.15, 0.2) is 0 Å². The van der Waals surface area contributed by atoms with Gasteiger partial charge in [-0.15, -0.1) is 0 Å². The van der Waals surface area contributed by atoms with Crippen LogP contribution in [0.2, 0.25) is 0 Å². The maximum absolute atomic E-state index is 11.8. The normalized spacial score (nSPS) is 20.1. The molecule has 0 saturated heterocycles. The van der Waals surface area contributed by atoms with Crippen LogP contribution in [0.5, 0.6) is 0 Å². The standard InChI is InChI=1S/C28H41N3O/c1-21(2)30-27(32)19-23(4)10-8-9-22(3)11-12-26-24(5)25(13-15-28(26,6)7)14-17-31-18-16-29-20-31/h8-12,16,18-21,25H,13-15,17H2,1-7H3,(H,30,32)/b10-8+,12-11+,22-9+,23-19+/t25-/m1/s1. The third-order valence-corrected chi connectivity index (χ3v) is 6.20. The maximum atomic E-state index is 11.8. The second kappa shape index (κ2) is 11.8. The van der Waals surface area contributed by atoms with Crippen LogP contribution in [-0.2, 0) is 11.3 Å². The molecule has 1 aliphatic carbocycles. The van der Waals surface area contributed by atoms with Crippen molar-refractivity contribution in [3.63, 3.8) is 0 Å². The van der Waals surface area contributed by atoms with E-state index in [1.807, 2.05) is 51.6 Å². The van der Waals surface area contributed by atoms with Gasteiger partial charge in [-0.3, -0.25) is 4.79 Å². The van der Waals surface area contributed by atoms with Crippen LogP contribution in [0.3, 0.4) is 0 Å². The van der Waals surface area contributed by atoms with E-state index in [0.29, 0.717) is 5.92 Å². The lowest BCUT2D eigenvalue weighted by atomic mass is 9.68. The fourth-order valence-corrected chi connectivity index (χ4v) is 4.28. The van der Waals surface area contributed by atoms with Crippen molar-refractivity contribution in [1.29, 1.82) is 0 Å². The van der Waals surface area contributed by atoms with Gasteiger partial charge in [-0.05, 0) is 76.4 Å². The maximum Gasteiger partial charge on any atom is 0.244 e. The van der Waals surface area contributed by atoms with Gasteiger partial charge < -0.3 is 9.88 Å². The molecular formula is C28H41N3O. The van der Waals surface area contributed by atoms with Gasteiger partial charge in [-0.1, -0.05) is 55.4 Å². The summed E-state index contributed by atoms with van der Waals surface area (Å²) in [5, 5.41) is 2.88. The van der Waals surface area contributed by atoms with Gasteiger partial charge in [0, 0.05) is 31.1 Å². The number of carbonyl (C=O) groups excluding carboxylic acids is 1. The summed E-state index contributed by atoms with van der Waals surface area (Å²) in [5.41, 5.74) is 5.32. The highest BCUT2D eigenvalue weighted by Crippen LogP contribution is 2.44. The molecule has 32 heavy (non-hydrogen) atoms. The minimum atomic E-state index is -0.0488. The molecule has 1 heterocycles. The van der Waals surface area contributed by atoms with Crippen LogP contribution in [0, 0.1) is 11.3 Å². The van der Waals surface area contributed by atoms with Crippen molar-refractivity contribution in [3.8, 4) is 0 Å². The van der Waals surface area contributed by atoms with E-state index in [9.17, 15) is 4.79 Å². The number of aromatic nitrogens is 2. The smallest absolute Gasteiger partial charge is 0.244 e. The summed E-state index contributed by atoms with van der Waals surface area (Å²) in [4.78, 5) is 16.0. The van der Waals surface area contributed by atoms with E-state index >= 15 is 0 Å². The SMILES string of the molecule is CC1=C(/C=C/C(C)=C/C=C/C(C)=C/C(=O)NC(C)C)C(C)(C)CC[C@@H]1CCn1ccnc1. The number of hydrogen-bond acceptors (Lipinski definition) is 2. The lowest BCUT2D eigenvalue weighted by Gasteiger charge is -2.37. The summed E-state index contributed by atoms with van der Waals surface area (Å²) >= 11 is 0. The van der Waals surface area contributed by atoms with E-state index in [4.69, 9.17) is 0 Å². The topological polar surface area (TPSA) is 46.9 Å². The van der Waals surface area contributed by atoms with Gasteiger partial charge in [0.05, 0.1) is 6.33 Å². The molecule has 1 aromatic heterocycles. The Kier molecular flexibility index (Phi) is 9.49. The van der Waals surface area contributed by atoms with Crippen molar-refractivity contribution in [2.45, 2.75) is 80.3 Å². The molecule has 1 atom stereocenters. The van der Waals surface area contributed by atoms with Gasteiger partial charge >= 0.3 is 0 Å². The summed E-state index contributed by atoms with van der Waals surface area (Å²) in [6.45, 7) is 16.0. The molecule has 1 aliphatic rings. The van der Waals surface area contributed by atoms with Gasteiger partial charge in [0.2, 0.25) is 5.91 Å². The fourth-order valence-electron chi connectivity index (χ4n) is 4.28. The number of amides is 1. The average Bonchev–Trinajstić information content (AvgIpc) is 3.19. The van der Waals surface area contributed by atoms with Crippen LogP contribution in [0.4, 0.5) is 0 Å². The molecule has 0 unspecified atom stereocenters. The summed E-state index contributed by atoms with van der Waals surface area (Å²) in [5.74, 6) is 0.575. The number of nitrogens with one attached hydrogen (secondary N) is 1. The Labute approximate surface area is 194 Å². The number of rotatable bonds is 9. The molecule has 1 aromatic rings. The number of imidazole rings is 1. The molecule has 1 N–H and O–H groups in total. The number of aryl methyl sites for hydroxylation is 1. The molecule has 0 radical (unpaired) electrons. The number of hydrogen-bond donors (Lipinski definition) is 1. The lowest BCUT2D eigenvalue weighted by molar-refractivity contribution is -0.117. The number of nitrogens with zero attached hydrogens (tertiary/aromatic N) is 2. The Balaban J connectivity index is 2.06. The number of carbonyl (C=O) groups is 1. The Bertz CT molecular complexity index is 908. The highest BCUT2D eigenvalue weighted by molar-refractivity contribution is 5.88. The first-order valence-electron chi connectivity index (χ1n) is 11.8. The summed E-state index contributed by atoms with van der Waals surface area (Å²) < 4.78 is 2.17. The molecule has 1 amide bonds. The van der Waals surface area contributed by atoms with Crippen molar-refractivity contribution in [2.24, 2.45) is 11.3 Å². The minimum absolute atomic E-state index is 0.0488. The molecule has 4 heteroatoms. The van der Waals surface area contributed by atoms with E-state index in [-0.39, 0.29) is 17.4 Å². The van der Waals surface area contributed by atoms with Crippen molar-refractivity contribution in [1.82, 2.24) is 14.9 Å². The molecule has 0 bridgehead atoms. The largest absolute Gasteiger partial charge is 0.350 e. The highest BCUT2D eigenvalue weighted by Gasteiger charge is 2.31. The molecule has 0 aromatic carbocycles. The molecule has 0 spiro atoms. The molecule has 0 saturated carbocycles. The van der Waals surface area contributed by atoms with Crippen molar-refractivity contribution in [2.75, 3.05) is 0 Å². The zero-order chi connectivity index (χ0) is 23.7. The van der Waals surface area contributed by atoms with Crippen LogP contribution >= 0.6 is 0 Å². The van der Waals surface area contributed by atoms with Gasteiger partial charge in [0.1, 0.15) is 0 Å². The molecule has 4 nitrogen and oxygen atoms in total. The van der Waals surface area contributed by atoms with Crippen LogP contribution in [0.1, 0.15) is 67.7 Å². The summed E-state index contributed by atoms with van der Waals surface area (Å²) in [7, 11) is 0. The monoisotopic (exact) mass is 435 g/mol. The molecular weight excluding hydrogens is 394 g/mol. The molecule has 0 fully saturated rings. The summed E-state index contributed by atoms with van der Waals surface area (Å²) in [6.07, 6.45) is 21.7. The first-order chi connectivity index (χ1) is 15.1. The van der Waals surface area contributed by atoms with E-state index in [1.165, 1.54) is 29.6 Å². The van der Waals surface area contributed by atoms with Gasteiger partial charge in [0.25, 0.3) is 0 Å². The van der Waals surface area contributed by atoms with Crippen LogP contribution in [-0.4, -0.2) is 21.5 Å². The number of allylic oxidation sites excluding steroid dienone is 9. The zero-order valence-electron chi connectivity index (χ0n) is 21.0. The Morgan fingerprint density at radius 3 is 2.69 bits per heavy atom. The molecule has 174 valence electrons. The average molecular weight is 436 g/mol. The first-order valence-corrected chi connectivity index (χ1v) is 11.8. The minimum Gasteiger partial charge on any atom is -0.350 e. The Morgan fingerprint density at radius 2 is 2.03 bits per heavy atom. The fraction of sp³-hybridized carbons (Fsp3) is 0.500. The second-order valence-corrected chi connectivity index (χ2v) is 9.96. The zero-order valence-corrected chi connectivity index (χ0v) is 21.0. The van der Waals surface area contributed by atoms with Crippen molar-refractivity contribution in [3.05, 3.63) is 77.5 Å². The lowest BCUT2D eigenvalue weighted by Crippen LogP contribution is -2.28. The third-order valence-electron chi connectivity index (χ3n) is 6.20. The van der Waals surface area contributed by atoms with Crippen LogP contribution in [0.25, 0.3) is 0 Å². The molecule has 2 rings (SSSR count). The van der Waals surface area contributed by atoms with Crippen LogP contribution in [0.15, 0.2) is 77.5 Å². The van der Waals surface area contributed by atoms with Crippen molar-refractivity contribution >= 4 is 5.91 Å². The van der Waals surface area contributed by atoms with E-state index < -0.39 is 0 Å². The quantitative estimate of drug-likeness (QED) is 0.353. The summed E-state index contributed by atoms with van der Waals surface area (Å²) in [6, 6.07) is 0.148. The molecule has 0 aliphatic heterocycles. The van der Waals surface area contributed by atoms with Gasteiger partial charge in [-0.25, -0.2) is 4.98 Å². The predicted molar refractivity (Wildman–Crippen MR) is 135 cm³/mol. The van der Waals surface area contributed by atoms with E-state index in [2.05, 4.69) is 60.8 Å². The highest BCUT2D eigenvalue weighted by atomic mass is 16.1. The van der Waals surface area contributed by atoms with Crippen LogP contribution < -0.4 is 5.32 Å². The van der Waals surface area contributed by atoms with Crippen molar-refractivity contribution < 1.29 is 4.79 Å². The third kappa shape index (κ3) is 8.14. The predicted octanol–water partition coefficient (Wildman–Crippen LogP) is 6.56. The van der Waals surface area contributed by atoms with E-state index in [0.717, 1.165) is 18.5 Å². The Morgan fingerprint density at radius 1 is 1.28 bits per heavy atom.